The number of fused-ring (bicyclic) bond motifs is 5. The van der Waals surface area contributed by atoms with Gasteiger partial charge < -0.3 is 14.8 Å². The number of aromatic nitrogens is 1. The molecule has 1 fully saturated rings. The minimum Gasteiger partial charge on any atom is -0.336 e. The quantitative estimate of drug-likeness (QED) is 0.700. The number of nitrogens with zero attached hydrogens (tertiary/aromatic N) is 2. The third-order valence-electron chi connectivity index (χ3n) is 6.36. The topological polar surface area (TPSA) is 54.3 Å². The van der Waals surface area contributed by atoms with Gasteiger partial charge in [-0.1, -0.05) is 36.4 Å². The smallest absolute Gasteiger partial charge is 0.317 e. The maximum Gasteiger partial charge on any atom is 0.317 e. The van der Waals surface area contributed by atoms with Crippen LogP contribution in [0.25, 0.3) is 21.9 Å². The first-order valence-corrected chi connectivity index (χ1v) is 10.8. The van der Waals surface area contributed by atoms with E-state index in [1.807, 2.05) is 47.6 Å². The highest BCUT2D eigenvalue weighted by Crippen LogP contribution is 2.36. The summed E-state index contributed by atoms with van der Waals surface area (Å²) >= 11 is 0. The summed E-state index contributed by atoms with van der Waals surface area (Å²) in [6, 6.07) is 18.6. The molecule has 3 aromatic rings. The molecule has 2 aromatic carbocycles. The fourth-order valence-corrected chi connectivity index (χ4v) is 5.03. The van der Waals surface area contributed by atoms with Gasteiger partial charge in [0.2, 0.25) is 0 Å². The third kappa shape index (κ3) is 3.28. The van der Waals surface area contributed by atoms with Gasteiger partial charge in [0.05, 0.1) is 0 Å². The van der Waals surface area contributed by atoms with Crippen LogP contribution in [-0.4, -0.2) is 34.6 Å². The monoisotopic (exact) mass is 401 g/mol. The van der Waals surface area contributed by atoms with E-state index < -0.39 is 0 Å². The Morgan fingerprint density at radius 1 is 1.00 bits per heavy atom. The molecule has 2 aliphatic rings. The number of likely N-dealkylation sites (tertiary alicyclic amines) is 1. The van der Waals surface area contributed by atoms with Crippen molar-refractivity contribution in [3.05, 3.63) is 70.6 Å². The highest BCUT2D eigenvalue weighted by Gasteiger charge is 2.36. The maximum absolute atomic E-state index is 13.4. The number of rotatable bonds is 2. The van der Waals surface area contributed by atoms with Gasteiger partial charge in [-0.15, -0.1) is 0 Å². The van der Waals surface area contributed by atoms with Crippen molar-refractivity contribution in [2.24, 2.45) is 5.92 Å². The molecule has 3 heterocycles. The number of hydrogen-bond donors (Lipinski definition) is 1. The lowest BCUT2D eigenvalue weighted by atomic mass is 9.83. The average Bonchev–Trinajstić information content (AvgIpc) is 2.73. The summed E-state index contributed by atoms with van der Waals surface area (Å²) in [5.74, 6) is 0.535. The summed E-state index contributed by atoms with van der Waals surface area (Å²) in [6.07, 6.45) is 1.04. The van der Waals surface area contributed by atoms with Crippen molar-refractivity contribution in [1.29, 1.82) is 0 Å². The molecule has 2 amide bonds. The van der Waals surface area contributed by atoms with Crippen LogP contribution < -0.4 is 10.9 Å². The molecular formula is C25H27N3O2. The second-order valence-corrected chi connectivity index (χ2v) is 8.96. The van der Waals surface area contributed by atoms with Crippen LogP contribution in [0.5, 0.6) is 0 Å². The fourth-order valence-electron chi connectivity index (χ4n) is 5.03. The van der Waals surface area contributed by atoms with Crippen molar-refractivity contribution in [3.8, 4) is 11.1 Å². The first-order valence-electron chi connectivity index (χ1n) is 10.8. The lowest BCUT2D eigenvalue weighted by Crippen LogP contribution is -2.52. The van der Waals surface area contributed by atoms with E-state index in [0.717, 1.165) is 28.6 Å². The zero-order valence-electron chi connectivity index (χ0n) is 17.5. The van der Waals surface area contributed by atoms with Gasteiger partial charge in [-0.3, -0.25) is 4.79 Å². The van der Waals surface area contributed by atoms with Gasteiger partial charge in [0, 0.05) is 42.9 Å². The molecule has 0 spiro atoms. The van der Waals surface area contributed by atoms with Gasteiger partial charge >= 0.3 is 6.03 Å². The minimum atomic E-state index is 0.00304. The van der Waals surface area contributed by atoms with E-state index in [-0.39, 0.29) is 23.6 Å². The van der Waals surface area contributed by atoms with Crippen LogP contribution in [0.3, 0.4) is 0 Å². The average molecular weight is 402 g/mol. The van der Waals surface area contributed by atoms with E-state index in [2.05, 4.69) is 35.6 Å². The number of amides is 2. The second kappa shape index (κ2) is 7.31. The second-order valence-electron chi connectivity index (χ2n) is 8.96. The first-order chi connectivity index (χ1) is 14.5. The summed E-state index contributed by atoms with van der Waals surface area (Å²) in [5.41, 5.74) is 2.85. The lowest BCUT2D eigenvalue weighted by Gasteiger charge is -2.43. The van der Waals surface area contributed by atoms with Crippen LogP contribution >= 0.6 is 0 Å². The molecule has 154 valence electrons. The Labute approximate surface area is 176 Å². The van der Waals surface area contributed by atoms with E-state index >= 15 is 0 Å². The van der Waals surface area contributed by atoms with E-state index in [4.69, 9.17) is 0 Å². The third-order valence-corrected chi connectivity index (χ3v) is 6.36. The molecule has 0 saturated carbocycles. The number of carbonyl (C=O) groups excluding carboxylic acids is 1. The van der Waals surface area contributed by atoms with Crippen LogP contribution in [-0.2, 0) is 6.54 Å². The molecular weight excluding hydrogens is 374 g/mol. The highest BCUT2D eigenvalue weighted by atomic mass is 16.2. The molecule has 5 nitrogen and oxygen atoms in total. The van der Waals surface area contributed by atoms with Crippen molar-refractivity contribution in [2.45, 2.75) is 38.8 Å². The zero-order valence-corrected chi connectivity index (χ0v) is 17.5. The molecule has 5 rings (SSSR count). The number of carbonyl (C=O) groups is 1. The molecule has 2 aliphatic heterocycles. The minimum absolute atomic E-state index is 0.00304. The number of benzene rings is 2. The molecule has 1 N–H and O–H groups in total. The summed E-state index contributed by atoms with van der Waals surface area (Å²) in [4.78, 5) is 27.8. The van der Waals surface area contributed by atoms with Crippen molar-refractivity contribution in [2.75, 3.05) is 13.1 Å². The molecule has 1 aromatic heterocycles. The summed E-state index contributed by atoms with van der Waals surface area (Å²) in [6.45, 7) is 6.01. The number of piperidine rings is 1. The van der Waals surface area contributed by atoms with E-state index in [1.165, 1.54) is 5.39 Å². The Kier molecular flexibility index (Phi) is 4.61. The van der Waals surface area contributed by atoms with E-state index in [0.29, 0.717) is 25.6 Å². The van der Waals surface area contributed by atoms with Crippen molar-refractivity contribution < 1.29 is 4.79 Å². The van der Waals surface area contributed by atoms with Gasteiger partial charge in [0.1, 0.15) is 0 Å². The molecule has 5 heteroatoms. The Morgan fingerprint density at radius 2 is 1.80 bits per heavy atom. The summed E-state index contributed by atoms with van der Waals surface area (Å²) in [5, 5.41) is 5.32. The van der Waals surface area contributed by atoms with Crippen LogP contribution in [0.1, 0.15) is 31.9 Å². The SMILES string of the molecule is CC(C)NC(=O)N1C[C@@H]2C[C@H](C1)c1ccc(-c3ccc4ccccc4c3)c(=O)n1C2. The van der Waals surface area contributed by atoms with Crippen molar-refractivity contribution in [3.63, 3.8) is 0 Å². The lowest BCUT2D eigenvalue weighted by molar-refractivity contribution is 0.130. The molecule has 0 radical (unpaired) electrons. The molecule has 1 saturated heterocycles. The van der Waals surface area contributed by atoms with Crippen LogP contribution in [0, 0.1) is 5.92 Å². The first kappa shape index (κ1) is 18.9. The number of hydrogen-bond acceptors (Lipinski definition) is 2. The van der Waals surface area contributed by atoms with Crippen molar-refractivity contribution >= 4 is 16.8 Å². The van der Waals surface area contributed by atoms with Gasteiger partial charge in [0.15, 0.2) is 0 Å². The van der Waals surface area contributed by atoms with Gasteiger partial charge in [-0.2, -0.15) is 0 Å². The predicted octanol–water partition coefficient (Wildman–Crippen LogP) is 4.21. The molecule has 2 bridgehead atoms. The van der Waals surface area contributed by atoms with Crippen LogP contribution in [0.4, 0.5) is 4.79 Å². The Balaban J connectivity index is 1.49. The molecule has 0 aliphatic carbocycles. The zero-order chi connectivity index (χ0) is 20.8. The highest BCUT2D eigenvalue weighted by molar-refractivity contribution is 5.87. The van der Waals surface area contributed by atoms with E-state index in [1.54, 1.807) is 0 Å². The molecule has 30 heavy (non-hydrogen) atoms. The van der Waals surface area contributed by atoms with Gasteiger partial charge in [-0.25, -0.2) is 4.79 Å². The Morgan fingerprint density at radius 3 is 2.60 bits per heavy atom. The van der Waals surface area contributed by atoms with Crippen LogP contribution in [0.2, 0.25) is 0 Å². The number of pyridine rings is 1. The Hall–Kier alpha value is -3.08. The standard InChI is InChI=1S/C25H27N3O2/c1-16(2)26-25(30)27-13-17-11-21(15-27)23-10-9-22(24(29)28(23)14-17)20-8-7-18-5-3-4-6-19(18)12-20/h3-10,12,16-17,21H,11,13-15H2,1-2H3,(H,26,30)/t17-,21+/m0/s1. The largest absolute Gasteiger partial charge is 0.336 e. The predicted molar refractivity (Wildman–Crippen MR) is 120 cm³/mol. The normalized spacial score (nSPS) is 20.3. The molecule has 2 atom stereocenters. The maximum atomic E-state index is 13.4. The van der Waals surface area contributed by atoms with Crippen LogP contribution in [0.15, 0.2) is 59.4 Å². The summed E-state index contributed by atoms with van der Waals surface area (Å²) in [7, 11) is 0. The number of nitrogens with one attached hydrogen (secondary N) is 1. The van der Waals surface area contributed by atoms with E-state index in [9.17, 15) is 9.59 Å². The summed E-state index contributed by atoms with van der Waals surface area (Å²) < 4.78 is 1.96. The van der Waals surface area contributed by atoms with Gasteiger partial charge in [0.25, 0.3) is 5.56 Å². The van der Waals surface area contributed by atoms with Crippen molar-refractivity contribution in [1.82, 2.24) is 14.8 Å². The number of urea groups is 1. The Bertz CT molecular complexity index is 1180. The molecule has 0 unspecified atom stereocenters. The van der Waals surface area contributed by atoms with Gasteiger partial charge in [-0.05, 0) is 60.7 Å². The fraction of sp³-hybridized carbons (Fsp3) is 0.360.